The van der Waals surface area contributed by atoms with Crippen LogP contribution in [0.5, 0.6) is 0 Å². The summed E-state index contributed by atoms with van der Waals surface area (Å²) >= 11 is 0. The summed E-state index contributed by atoms with van der Waals surface area (Å²) in [5.41, 5.74) is 0. The quantitative estimate of drug-likeness (QED) is 0.518. The van der Waals surface area contributed by atoms with E-state index in [2.05, 4.69) is 13.3 Å². The maximum atomic E-state index is 5.62. The molecule has 0 aliphatic carbocycles. The first-order chi connectivity index (χ1) is 4.05. The summed E-state index contributed by atoms with van der Waals surface area (Å²) < 4.78 is 5.62. The van der Waals surface area contributed by atoms with Crippen molar-refractivity contribution in [2.45, 2.75) is 12.8 Å². The topological polar surface area (TPSA) is 9.23 Å². The molecule has 1 heterocycles. The monoisotopic (exact) mass is 148 g/mol. The van der Waals surface area contributed by atoms with Gasteiger partial charge >= 0.3 is 57.0 Å². The van der Waals surface area contributed by atoms with Crippen LogP contribution in [0, 0.1) is 0 Å². The van der Waals surface area contributed by atoms with E-state index in [1.807, 2.05) is 7.11 Å². The molecule has 0 bridgehead atoms. The number of rotatable bonds is 1. The van der Waals surface area contributed by atoms with Crippen LogP contribution in [0.4, 0.5) is 0 Å². The zero-order valence-corrected chi connectivity index (χ0v) is 7.58. The van der Waals surface area contributed by atoms with Crippen LogP contribution in [0.3, 0.4) is 0 Å². The van der Waals surface area contributed by atoms with Crippen LogP contribution in [0.2, 0.25) is 0 Å². The Morgan fingerprint density at radius 1 is 1.11 bits per heavy atom. The van der Waals surface area contributed by atoms with Gasteiger partial charge in [-0.3, -0.25) is 0 Å². The van der Waals surface area contributed by atoms with Crippen molar-refractivity contribution in [3.05, 3.63) is 0 Å². The molecule has 0 unspecified atom stereocenters. The zero-order chi connectivity index (χ0) is 6.98. The van der Waals surface area contributed by atoms with Gasteiger partial charge in [-0.05, 0) is 0 Å². The van der Waals surface area contributed by atoms with Crippen molar-refractivity contribution in [3.63, 3.8) is 0 Å². The molecule has 0 aromatic heterocycles. The van der Waals surface area contributed by atoms with Crippen molar-refractivity contribution >= 4 is 6.83 Å². The van der Waals surface area contributed by atoms with E-state index in [-0.39, 0.29) is 0 Å². The Bertz CT molecular complexity index is 110. The van der Waals surface area contributed by atoms with Crippen LogP contribution in [0.15, 0.2) is 0 Å². The fraction of sp³-hybridized carbons (Fsp3) is 1.00. The van der Waals surface area contributed by atoms with Gasteiger partial charge < -0.3 is 0 Å². The molecular weight excluding hydrogens is 131 g/mol. The van der Waals surface area contributed by atoms with Crippen LogP contribution < -0.4 is 0 Å². The zero-order valence-electron chi connectivity index (χ0n) is 6.68. The van der Waals surface area contributed by atoms with E-state index in [0.717, 1.165) is 0 Å². The van der Waals surface area contributed by atoms with E-state index in [9.17, 15) is 0 Å². The minimum absolute atomic E-state index is 1.35. The third-order valence-corrected chi connectivity index (χ3v) is 7.25. The van der Waals surface area contributed by atoms with E-state index in [1.54, 1.807) is 0 Å². The molecular formula is C7H17OP. The molecule has 1 saturated heterocycles. The predicted octanol–water partition coefficient (Wildman–Crippen LogP) is 2.15. The second-order valence-electron chi connectivity index (χ2n) is 3.90. The van der Waals surface area contributed by atoms with Crippen molar-refractivity contribution in [3.8, 4) is 0 Å². The van der Waals surface area contributed by atoms with Gasteiger partial charge in [-0.15, -0.1) is 0 Å². The summed E-state index contributed by atoms with van der Waals surface area (Å²) in [6.07, 6.45) is 5.47. The molecule has 0 spiro atoms. The summed E-state index contributed by atoms with van der Waals surface area (Å²) in [5.74, 6) is 0. The summed E-state index contributed by atoms with van der Waals surface area (Å²) in [6.45, 7) is 3.18. The van der Waals surface area contributed by atoms with Gasteiger partial charge in [0.15, 0.2) is 0 Å². The van der Waals surface area contributed by atoms with Gasteiger partial charge in [0, 0.05) is 0 Å². The molecule has 0 saturated carbocycles. The molecule has 0 aromatic carbocycles. The van der Waals surface area contributed by atoms with Gasteiger partial charge in [-0.25, -0.2) is 0 Å². The fourth-order valence-electron chi connectivity index (χ4n) is 1.50. The van der Waals surface area contributed by atoms with E-state index < -0.39 is 6.83 Å². The molecule has 0 atom stereocenters. The molecule has 1 rings (SSSR count). The predicted molar refractivity (Wildman–Crippen MR) is 44.7 cm³/mol. The van der Waals surface area contributed by atoms with Crippen LogP contribution in [0.1, 0.15) is 12.8 Å². The summed E-state index contributed by atoms with van der Waals surface area (Å²) in [4.78, 5) is 0. The first-order valence-electron chi connectivity index (χ1n) is 3.62. The molecule has 1 fully saturated rings. The van der Waals surface area contributed by atoms with Gasteiger partial charge in [0.05, 0.1) is 0 Å². The van der Waals surface area contributed by atoms with Crippen molar-refractivity contribution in [2.75, 3.05) is 32.8 Å². The Kier molecular flexibility index (Phi) is 1.61. The van der Waals surface area contributed by atoms with Crippen LogP contribution in [-0.4, -0.2) is 32.8 Å². The van der Waals surface area contributed by atoms with Gasteiger partial charge in [0.1, 0.15) is 0 Å². The average molecular weight is 148 g/mol. The standard InChI is InChI=1S/C7H17OP/c1-8-9(2,3)6-4-5-7-9/h4-7H2,1-3H3. The van der Waals surface area contributed by atoms with Gasteiger partial charge in [0.2, 0.25) is 0 Å². The third-order valence-electron chi connectivity index (χ3n) is 2.58. The first-order valence-corrected chi connectivity index (χ1v) is 7.04. The Balaban J connectivity index is 2.68. The van der Waals surface area contributed by atoms with Crippen molar-refractivity contribution in [1.29, 1.82) is 0 Å². The SMILES string of the molecule is COP1(C)(C)CCCC1. The Morgan fingerprint density at radius 3 is 1.78 bits per heavy atom. The molecule has 1 aliphatic heterocycles. The second-order valence-corrected chi connectivity index (χ2v) is 10.3. The van der Waals surface area contributed by atoms with E-state index in [0.29, 0.717) is 0 Å². The summed E-state index contributed by atoms with van der Waals surface area (Å²) in [7, 11) is 1.88. The molecule has 2 heteroatoms. The minimum atomic E-state index is -1.52. The molecule has 0 aromatic rings. The van der Waals surface area contributed by atoms with Crippen molar-refractivity contribution in [2.24, 2.45) is 0 Å². The third kappa shape index (κ3) is 1.45. The molecule has 1 aliphatic rings. The molecule has 1 nitrogen and oxygen atoms in total. The molecule has 0 N–H and O–H groups in total. The first kappa shape index (κ1) is 7.50. The fourth-order valence-corrected chi connectivity index (χ4v) is 4.51. The van der Waals surface area contributed by atoms with E-state index in [1.165, 1.54) is 25.2 Å². The molecule has 9 heavy (non-hydrogen) atoms. The molecule has 56 valence electrons. The van der Waals surface area contributed by atoms with E-state index in [4.69, 9.17) is 4.52 Å². The summed E-state index contributed by atoms with van der Waals surface area (Å²) in [5, 5.41) is 0. The average Bonchev–Trinajstić information content (AvgIpc) is 2.14. The second kappa shape index (κ2) is 1.93. The Labute approximate surface area is 57.8 Å². The maximum absolute atomic E-state index is 5.62. The summed E-state index contributed by atoms with van der Waals surface area (Å²) in [6, 6.07) is 0. The van der Waals surface area contributed by atoms with Crippen LogP contribution >= 0.6 is 6.83 Å². The van der Waals surface area contributed by atoms with Crippen LogP contribution in [-0.2, 0) is 4.52 Å². The van der Waals surface area contributed by atoms with E-state index >= 15 is 0 Å². The van der Waals surface area contributed by atoms with Crippen LogP contribution in [0.25, 0.3) is 0 Å². The van der Waals surface area contributed by atoms with Crippen molar-refractivity contribution < 1.29 is 4.52 Å². The van der Waals surface area contributed by atoms with Gasteiger partial charge in [0.25, 0.3) is 0 Å². The number of hydrogen-bond donors (Lipinski definition) is 0. The Morgan fingerprint density at radius 2 is 1.56 bits per heavy atom. The number of hydrogen-bond acceptors (Lipinski definition) is 1. The van der Waals surface area contributed by atoms with Gasteiger partial charge in [-0.2, -0.15) is 0 Å². The molecule has 0 amide bonds. The Hall–Kier alpha value is 0.390. The van der Waals surface area contributed by atoms with Gasteiger partial charge in [-0.1, -0.05) is 0 Å². The normalized spacial score (nSPS) is 35.2. The molecule has 0 radical (unpaired) electrons. The van der Waals surface area contributed by atoms with Crippen molar-refractivity contribution in [1.82, 2.24) is 0 Å².